The second-order valence-electron chi connectivity index (χ2n) is 10.4. The van der Waals surface area contributed by atoms with E-state index >= 15 is 0 Å². The monoisotopic (exact) mass is 616 g/mol. The highest BCUT2D eigenvalue weighted by molar-refractivity contribution is 5.95. The molecule has 44 heavy (non-hydrogen) atoms. The first kappa shape index (κ1) is 35.5. The molecule has 16 heteroatoms. The number of benzene rings is 1. The van der Waals surface area contributed by atoms with E-state index in [-0.39, 0.29) is 51.0 Å². The first-order chi connectivity index (χ1) is 20.9. The number of aromatic nitrogens is 1. The van der Waals surface area contributed by atoms with Gasteiger partial charge in [-0.3, -0.25) is 24.2 Å². The Hall–Kier alpha value is -4.70. The molecule has 16 nitrogen and oxygen atoms in total. The van der Waals surface area contributed by atoms with Crippen LogP contribution in [0.4, 0.5) is 0 Å². The molecule has 2 aromatic rings. The van der Waals surface area contributed by atoms with Crippen molar-refractivity contribution >= 4 is 46.5 Å². The van der Waals surface area contributed by atoms with E-state index in [0.29, 0.717) is 24.9 Å². The minimum absolute atomic E-state index is 0.0103. The Labute approximate surface area is 254 Å². The number of aliphatic imine (C=N–C) groups is 1. The van der Waals surface area contributed by atoms with Crippen molar-refractivity contribution < 1.29 is 29.1 Å². The molecule has 0 saturated carbocycles. The number of carbonyl (C=O) groups excluding carboxylic acids is 4. The van der Waals surface area contributed by atoms with Gasteiger partial charge in [-0.2, -0.15) is 0 Å². The number of carboxylic acids is 1. The molecule has 242 valence electrons. The Balaban J connectivity index is 2.28. The van der Waals surface area contributed by atoms with Gasteiger partial charge < -0.3 is 54.7 Å². The number of primary amides is 1. The van der Waals surface area contributed by atoms with Crippen molar-refractivity contribution in [2.75, 3.05) is 13.1 Å². The van der Waals surface area contributed by atoms with Crippen molar-refractivity contribution in [3.05, 3.63) is 36.0 Å². The number of fused-ring (bicyclic) bond motifs is 1. The normalized spacial score (nSPS) is 13.7. The molecule has 0 fully saturated rings. The van der Waals surface area contributed by atoms with Crippen LogP contribution in [0.5, 0.6) is 0 Å². The highest BCUT2D eigenvalue weighted by Crippen LogP contribution is 2.19. The minimum atomic E-state index is -1.28. The summed E-state index contributed by atoms with van der Waals surface area (Å²) in [7, 11) is 0. The van der Waals surface area contributed by atoms with Crippen LogP contribution in [-0.4, -0.2) is 82.9 Å². The third-order valence-electron chi connectivity index (χ3n) is 6.91. The molecular weight excluding hydrogens is 572 g/mol. The van der Waals surface area contributed by atoms with Crippen molar-refractivity contribution in [1.82, 2.24) is 20.9 Å². The predicted molar refractivity (Wildman–Crippen MR) is 165 cm³/mol. The Morgan fingerprint density at radius 1 is 0.841 bits per heavy atom. The van der Waals surface area contributed by atoms with E-state index in [4.69, 9.17) is 28.7 Å². The van der Waals surface area contributed by atoms with E-state index in [2.05, 4.69) is 25.9 Å². The zero-order valence-corrected chi connectivity index (χ0v) is 24.6. The SMILES string of the molecule is NCCCCC(NC(=O)C(N)CCC(N)=O)C(=O)NC(Cc1c[nH]c2ccccc12)C(=O)NC(CCCN=C(N)N)C(=O)O. The van der Waals surface area contributed by atoms with E-state index in [1.165, 1.54) is 0 Å². The van der Waals surface area contributed by atoms with Crippen LogP contribution in [0.2, 0.25) is 0 Å². The van der Waals surface area contributed by atoms with Gasteiger partial charge in [0.15, 0.2) is 5.96 Å². The fourth-order valence-corrected chi connectivity index (χ4v) is 4.50. The van der Waals surface area contributed by atoms with Gasteiger partial charge in [0.2, 0.25) is 23.6 Å². The van der Waals surface area contributed by atoms with Gasteiger partial charge in [0.05, 0.1) is 6.04 Å². The second kappa shape index (κ2) is 18.1. The van der Waals surface area contributed by atoms with E-state index < -0.39 is 53.8 Å². The number of hydrogen-bond donors (Lipinski definition) is 10. The summed E-state index contributed by atoms with van der Waals surface area (Å²) in [6.07, 6.45) is 3.18. The number of rotatable bonds is 20. The Kier molecular flexibility index (Phi) is 14.6. The summed E-state index contributed by atoms with van der Waals surface area (Å²) >= 11 is 0. The molecule has 1 aromatic heterocycles. The number of H-pyrrole nitrogens is 1. The van der Waals surface area contributed by atoms with Crippen molar-refractivity contribution in [2.45, 2.75) is 75.5 Å². The maximum atomic E-state index is 13.5. The van der Waals surface area contributed by atoms with E-state index in [9.17, 15) is 29.1 Å². The number of para-hydroxylation sites is 1. The molecule has 15 N–H and O–H groups in total. The molecule has 0 bridgehead atoms. The lowest BCUT2D eigenvalue weighted by molar-refractivity contribution is -0.142. The second-order valence-corrected chi connectivity index (χ2v) is 10.4. The average molecular weight is 617 g/mol. The van der Waals surface area contributed by atoms with Gasteiger partial charge in [-0.1, -0.05) is 18.2 Å². The standard InChI is InChI=1S/C28H44N10O6/c29-12-4-3-8-20(36-24(40)18(30)10-11-23(31)39)25(41)38-22(14-16-15-35-19-7-2-1-6-17(16)19)26(42)37-21(27(43)44)9-5-13-34-28(32)33/h1-2,6-7,15,18,20-22,35H,3-5,8-14,29-30H2,(H2,31,39)(H,36,40)(H,37,42)(H,38,41)(H,43,44)(H4,32,33,34). The van der Waals surface area contributed by atoms with Gasteiger partial charge in [-0.25, -0.2) is 4.79 Å². The van der Waals surface area contributed by atoms with Gasteiger partial charge in [-0.15, -0.1) is 0 Å². The van der Waals surface area contributed by atoms with E-state index in [1.54, 1.807) is 6.20 Å². The van der Waals surface area contributed by atoms with Crippen LogP contribution in [-0.2, 0) is 30.4 Å². The minimum Gasteiger partial charge on any atom is -0.480 e. The third kappa shape index (κ3) is 11.9. The zero-order chi connectivity index (χ0) is 32.6. The molecule has 4 unspecified atom stereocenters. The summed E-state index contributed by atoms with van der Waals surface area (Å²) < 4.78 is 0. The number of aliphatic carboxylic acids is 1. The van der Waals surface area contributed by atoms with Gasteiger partial charge in [0.1, 0.15) is 18.1 Å². The van der Waals surface area contributed by atoms with Crippen LogP contribution >= 0.6 is 0 Å². The predicted octanol–water partition coefficient (Wildman–Crippen LogP) is -1.98. The maximum Gasteiger partial charge on any atom is 0.326 e. The lowest BCUT2D eigenvalue weighted by atomic mass is 10.0. The number of aromatic amines is 1. The summed E-state index contributed by atoms with van der Waals surface area (Å²) in [4.78, 5) is 69.8. The number of unbranched alkanes of at least 4 members (excludes halogenated alkanes) is 1. The van der Waals surface area contributed by atoms with Crippen molar-refractivity contribution in [1.29, 1.82) is 0 Å². The Morgan fingerprint density at radius 3 is 2.14 bits per heavy atom. The van der Waals surface area contributed by atoms with Crippen LogP contribution in [0.3, 0.4) is 0 Å². The quantitative estimate of drug-likeness (QED) is 0.0444. The van der Waals surface area contributed by atoms with Crippen LogP contribution in [0.25, 0.3) is 10.9 Å². The molecule has 4 amide bonds. The molecule has 0 saturated heterocycles. The number of nitrogens with two attached hydrogens (primary N) is 5. The molecule has 1 heterocycles. The van der Waals surface area contributed by atoms with Crippen molar-refractivity contribution in [3.63, 3.8) is 0 Å². The molecule has 0 aliphatic carbocycles. The summed E-state index contributed by atoms with van der Waals surface area (Å²) in [5.41, 5.74) is 28.8. The topological polar surface area (TPSA) is 300 Å². The van der Waals surface area contributed by atoms with Gasteiger partial charge in [0.25, 0.3) is 0 Å². The van der Waals surface area contributed by atoms with Crippen molar-refractivity contribution in [2.24, 2.45) is 33.7 Å². The van der Waals surface area contributed by atoms with Crippen LogP contribution in [0.1, 0.15) is 50.5 Å². The molecular formula is C28H44N10O6. The lowest BCUT2D eigenvalue weighted by Gasteiger charge is -2.25. The number of amides is 4. The number of carboxylic acid groups (broad SMARTS) is 1. The van der Waals surface area contributed by atoms with Crippen LogP contribution in [0, 0.1) is 0 Å². The molecule has 0 spiro atoms. The summed E-state index contributed by atoms with van der Waals surface area (Å²) in [6.45, 7) is 0.537. The summed E-state index contributed by atoms with van der Waals surface area (Å²) in [5, 5.41) is 18.4. The number of nitrogens with zero attached hydrogens (tertiary/aromatic N) is 1. The molecule has 0 aliphatic heterocycles. The third-order valence-corrected chi connectivity index (χ3v) is 6.91. The lowest BCUT2D eigenvalue weighted by Crippen LogP contribution is -2.57. The number of carbonyl (C=O) groups is 5. The van der Waals surface area contributed by atoms with Crippen molar-refractivity contribution in [3.8, 4) is 0 Å². The molecule has 4 atom stereocenters. The number of hydrogen-bond acceptors (Lipinski definition) is 8. The number of nitrogens with one attached hydrogen (secondary N) is 4. The summed E-state index contributed by atoms with van der Waals surface area (Å²) in [6, 6.07) is 2.72. The molecule has 2 rings (SSSR count). The number of guanidine groups is 1. The molecule has 0 aliphatic rings. The van der Waals surface area contributed by atoms with Crippen LogP contribution < -0.4 is 44.6 Å². The smallest absolute Gasteiger partial charge is 0.326 e. The van der Waals surface area contributed by atoms with Gasteiger partial charge in [-0.05, 0) is 56.7 Å². The first-order valence-corrected chi connectivity index (χ1v) is 14.4. The average Bonchev–Trinajstić information content (AvgIpc) is 3.38. The first-order valence-electron chi connectivity index (χ1n) is 14.4. The summed E-state index contributed by atoms with van der Waals surface area (Å²) in [5.74, 6) is -4.09. The van der Waals surface area contributed by atoms with Crippen LogP contribution in [0.15, 0.2) is 35.5 Å². The van der Waals surface area contributed by atoms with E-state index in [0.717, 1.165) is 10.9 Å². The maximum absolute atomic E-state index is 13.5. The molecule has 1 aromatic carbocycles. The fourth-order valence-electron chi connectivity index (χ4n) is 4.50. The van der Waals surface area contributed by atoms with Gasteiger partial charge >= 0.3 is 5.97 Å². The molecule has 0 radical (unpaired) electrons. The highest BCUT2D eigenvalue weighted by atomic mass is 16.4. The Morgan fingerprint density at radius 2 is 1.48 bits per heavy atom. The Bertz CT molecular complexity index is 1310. The largest absolute Gasteiger partial charge is 0.480 e. The fraction of sp³-hybridized carbons (Fsp3) is 0.500. The van der Waals surface area contributed by atoms with E-state index in [1.807, 2.05) is 24.3 Å². The van der Waals surface area contributed by atoms with Gasteiger partial charge in [0, 0.05) is 36.5 Å². The zero-order valence-electron chi connectivity index (χ0n) is 24.6. The highest BCUT2D eigenvalue weighted by Gasteiger charge is 2.31.